The summed E-state index contributed by atoms with van der Waals surface area (Å²) in [5, 5.41) is 13.9. The van der Waals surface area contributed by atoms with Crippen LogP contribution in [0.1, 0.15) is 62.5 Å². The van der Waals surface area contributed by atoms with E-state index in [9.17, 15) is 9.90 Å². The summed E-state index contributed by atoms with van der Waals surface area (Å²) in [4.78, 5) is 16.3. The first-order valence-electron chi connectivity index (χ1n) is 11.7. The van der Waals surface area contributed by atoms with E-state index >= 15 is 0 Å². The Bertz CT molecular complexity index is 1100. The number of fused-ring (bicyclic) bond motifs is 1. The lowest BCUT2D eigenvalue weighted by Gasteiger charge is -2.35. The Kier molecular flexibility index (Phi) is 5.46. The first-order valence-corrected chi connectivity index (χ1v) is 11.7. The standard InChI is InChI=1S/C27H32N2O3/c1-17-3-5-18(6-4-17)19-13-22(14-19)32-21-7-8-24-23(15-21)25(16-28-24)29-26(31)27(2)11-9-20(30)10-12-27/h3-8,15-16,19-20,22,28,30H,9-14H2,1-2H3,(H,29,31)/t19-,20-,22-,27+. The lowest BCUT2D eigenvalue weighted by Crippen LogP contribution is -2.38. The second-order valence-corrected chi connectivity index (χ2v) is 9.97. The van der Waals surface area contributed by atoms with E-state index in [2.05, 4.69) is 41.5 Å². The Morgan fingerprint density at radius 3 is 2.56 bits per heavy atom. The van der Waals surface area contributed by atoms with E-state index < -0.39 is 5.41 Å². The largest absolute Gasteiger partial charge is 0.490 e. The van der Waals surface area contributed by atoms with Crippen molar-refractivity contribution in [1.29, 1.82) is 0 Å². The average molecular weight is 433 g/mol. The molecule has 32 heavy (non-hydrogen) atoms. The first-order chi connectivity index (χ1) is 15.4. The Labute approximate surface area is 189 Å². The number of hydrogen-bond acceptors (Lipinski definition) is 3. The van der Waals surface area contributed by atoms with Gasteiger partial charge in [-0.05, 0) is 75.1 Å². The van der Waals surface area contributed by atoms with E-state index in [1.54, 1.807) is 0 Å². The highest BCUT2D eigenvalue weighted by atomic mass is 16.5. The van der Waals surface area contributed by atoms with Gasteiger partial charge >= 0.3 is 0 Å². The zero-order chi connectivity index (χ0) is 22.3. The normalized spacial score (nSPS) is 27.7. The fraction of sp³-hybridized carbons (Fsp3) is 0.444. The SMILES string of the molecule is Cc1ccc([C@H]2C[C@H](Oc3ccc4[nH]cc(NC(=O)[C@]5(C)CC[C@H](O)CC5)c4c3)C2)cc1. The molecule has 2 saturated carbocycles. The number of hydrogen-bond donors (Lipinski definition) is 3. The van der Waals surface area contributed by atoms with Crippen LogP contribution in [0.25, 0.3) is 10.9 Å². The third-order valence-corrected chi connectivity index (χ3v) is 7.45. The van der Waals surface area contributed by atoms with Crippen LogP contribution in [-0.2, 0) is 4.79 Å². The number of H-pyrrole nitrogens is 1. The van der Waals surface area contributed by atoms with Crippen LogP contribution in [0.5, 0.6) is 5.75 Å². The van der Waals surface area contributed by atoms with Crippen molar-refractivity contribution in [3.05, 3.63) is 59.8 Å². The lowest BCUT2D eigenvalue weighted by atomic mass is 9.74. The molecule has 0 spiro atoms. The van der Waals surface area contributed by atoms with Gasteiger partial charge in [0.2, 0.25) is 5.91 Å². The summed E-state index contributed by atoms with van der Waals surface area (Å²) in [6, 6.07) is 14.8. The zero-order valence-corrected chi connectivity index (χ0v) is 18.9. The maximum absolute atomic E-state index is 13.0. The second-order valence-electron chi connectivity index (χ2n) is 9.97. The summed E-state index contributed by atoms with van der Waals surface area (Å²) in [5.74, 6) is 1.43. The second kappa shape index (κ2) is 8.28. The molecule has 2 aliphatic rings. The van der Waals surface area contributed by atoms with Gasteiger partial charge in [-0.25, -0.2) is 0 Å². The number of aliphatic hydroxyl groups is 1. The molecule has 0 bridgehead atoms. The van der Waals surface area contributed by atoms with Crippen LogP contribution in [0.2, 0.25) is 0 Å². The molecule has 1 heterocycles. The fourth-order valence-corrected chi connectivity index (χ4v) is 4.98. The molecule has 0 saturated heterocycles. The molecule has 0 atom stereocenters. The average Bonchev–Trinajstić information content (AvgIpc) is 3.15. The number of carbonyl (C=O) groups is 1. The van der Waals surface area contributed by atoms with Crippen LogP contribution in [0.4, 0.5) is 5.69 Å². The Morgan fingerprint density at radius 2 is 1.84 bits per heavy atom. The summed E-state index contributed by atoms with van der Waals surface area (Å²) < 4.78 is 6.26. The number of amides is 1. The molecule has 5 heteroatoms. The number of benzene rings is 2. The summed E-state index contributed by atoms with van der Waals surface area (Å²) >= 11 is 0. The van der Waals surface area contributed by atoms with Gasteiger partial charge < -0.3 is 20.1 Å². The number of anilines is 1. The highest BCUT2D eigenvalue weighted by Gasteiger charge is 2.37. The number of ether oxygens (including phenoxy) is 1. The van der Waals surface area contributed by atoms with E-state index in [1.807, 2.05) is 31.3 Å². The summed E-state index contributed by atoms with van der Waals surface area (Å²) in [6.07, 6.45) is 6.64. The summed E-state index contributed by atoms with van der Waals surface area (Å²) in [6.45, 7) is 4.11. The van der Waals surface area contributed by atoms with Crippen LogP contribution in [0.15, 0.2) is 48.7 Å². The van der Waals surface area contributed by atoms with Gasteiger partial charge in [0, 0.05) is 22.5 Å². The lowest BCUT2D eigenvalue weighted by molar-refractivity contribution is -0.127. The van der Waals surface area contributed by atoms with Crippen molar-refractivity contribution in [2.24, 2.45) is 5.41 Å². The zero-order valence-electron chi connectivity index (χ0n) is 18.9. The molecule has 0 aliphatic heterocycles. The van der Waals surface area contributed by atoms with Crippen molar-refractivity contribution < 1.29 is 14.6 Å². The summed E-state index contributed by atoms with van der Waals surface area (Å²) in [5.41, 5.74) is 4.01. The minimum Gasteiger partial charge on any atom is -0.490 e. The third-order valence-electron chi connectivity index (χ3n) is 7.45. The monoisotopic (exact) mass is 432 g/mol. The predicted molar refractivity (Wildman–Crippen MR) is 127 cm³/mol. The van der Waals surface area contributed by atoms with E-state index in [4.69, 9.17) is 4.74 Å². The molecule has 0 unspecified atom stereocenters. The molecule has 1 amide bonds. The molecule has 0 radical (unpaired) electrons. The van der Waals surface area contributed by atoms with Gasteiger partial charge in [0.15, 0.2) is 0 Å². The highest BCUT2D eigenvalue weighted by molar-refractivity contribution is 6.03. The van der Waals surface area contributed by atoms with E-state index in [0.717, 1.165) is 35.2 Å². The minimum absolute atomic E-state index is 0.0246. The van der Waals surface area contributed by atoms with Crippen molar-refractivity contribution >= 4 is 22.5 Å². The van der Waals surface area contributed by atoms with Crippen molar-refractivity contribution in [3.63, 3.8) is 0 Å². The fourth-order valence-electron chi connectivity index (χ4n) is 4.98. The Morgan fingerprint density at radius 1 is 1.12 bits per heavy atom. The first kappa shape index (κ1) is 21.1. The maximum Gasteiger partial charge on any atom is 0.230 e. The van der Waals surface area contributed by atoms with Crippen LogP contribution in [-0.4, -0.2) is 28.2 Å². The van der Waals surface area contributed by atoms with E-state index in [0.29, 0.717) is 31.6 Å². The van der Waals surface area contributed by atoms with E-state index in [-0.39, 0.29) is 18.1 Å². The van der Waals surface area contributed by atoms with Crippen LogP contribution in [0, 0.1) is 12.3 Å². The molecule has 5 nitrogen and oxygen atoms in total. The molecule has 1 aromatic heterocycles. The van der Waals surface area contributed by atoms with Crippen LogP contribution in [0.3, 0.4) is 0 Å². The highest BCUT2D eigenvalue weighted by Crippen LogP contribution is 2.41. The van der Waals surface area contributed by atoms with Gasteiger partial charge in [-0.2, -0.15) is 0 Å². The quantitative estimate of drug-likeness (QED) is 0.485. The van der Waals surface area contributed by atoms with Gasteiger partial charge in [0.05, 0.1) is 17.9 Å². The van der Waals surface area contributed by atoms with Gasteiger partial charge in [-0.3, -0.25) is 4.79 Å². The van der Waals surface area contributed by atoms with Crippen LogP contribution >= 0.6 is 0 Å². The van der Waals surface area contributed by atoms with Crippen molar-refractivity contribution in [2.45, 2.75) is 70.5 Å². The number of aliphatic hydroxyl groups excluding tert-OH is 1. The number of rotatable bonds is 5. The number of carbonyl (C=O) groups excluding carboxylic acids is 1. The minimum atomic E-state index is -0.437. The topological polar surface area (TPSA) is 74.3 Å². The molecule has 2 aliphatic carbocycles. The van der Waals surface area contributed by atoms with Crippen molar-refractivity contribution in [1.82, 2.24) is 4.98 Å². The molecule has 168 valence electrons. The Balaban J connectivity index is 1.24. The molecular formula is C27H32N2O3. The van der Waals surface area contributed by atoms with Gasteiger partial charge in [0.25, 0.3) is 0 Å². The molecule has 2 fully saturated rings. The van der Waals surface area contributed by atoms with Crippen molar-refractivity contribution in [2.75, 3.05) is 5.32 Å². The molecular weight excluding hydrogens is 400 g/mol. The molecule has 3 N–H and O–H groups in total. The molecule has 2 aromatic carbocycles. The molecule has 5 rings (SSSR count). The summed E-state index contributed by atoms with van der Waals surface area (Å²) in [7, 11) is 0. The number of nitrogens with one attached hydrogen (secondary N) is 2. The van der Waals surface area contributed by atoms with E-state index in [1.165, 1.54) is 11.1 Å². The maximum atomic E-state index is 13.0. The smallest absolute Gasteiger partial charge is 0.230 e. The Hall–Kier alpha value is -2.79. The van der Waals surface area contributed by atoms with Crippen LogP contribution < -0.4 is 10.1 Å². The molecule has 3 aromatic rings. The number of aromatic nitrogens is 1. The predicted octanol–water partition coefficient (Wildman–Crippen LogP) is 5.68. The van der Waals surface area contributed by atoms with Crippen molar-refractivity contribution in [3.8, 4) is 5.75 Å². The third kappa shape index (κ3) is 4.14. The number of aryl methyl sites for hydroxylation is 1. The van der Waals surface area contributed by atoms with Gasteiger partial charge in [0.1, 0.15) is 5.75 Å². The number of aromatic amines is 1. The van der Waals surface area contributed by atoms with Gasteiger partial charge in [-0.1, -0.05) is 36.8 Å². The van der Waals surface area contributed by atoms with Gasteiger partial charge in [-0.15, -0.1) is 0 Å².